The van der Waals surface area contributed by atoms with Gasteiger partial charge in [0.05, 0.1) is 6.54 Å². The van der Waals surface area contributed by atoms with Gasteiger partial charge in [0.15, 0.2) is 0 Å². The van der Waals surface area contributed by atoms with E-state index < -0.39 is 0 Å². The number of likely N-dealkylation sites (N-methyl/N-ethyl adjacent to an activating group) is 1. The van der Waals surface area contributed by atoms with Crippen molar-refractivity contribution in [3.05, 3.63) is 52.2 Å². The lowest BCUT2D eigenvalue weighted by atomic mass is 10.0. The van der Waals surface area contributed by atoms with E-state index in [1.165, 1.54) is 0 Å². The van der Waals surface area contributed by atoms with E-state index in [-0.39, 0.29) is 35.7 Å². The zero-order valence-electron chi connectivity index (χ0n) is 17.8. The highest BCUT2D eigenvalue weighted by atomic mass is 32.1. The van der Waals surface area contributed by atoms with E-state index in [1.807, 2.05) is 29.6 Å². The van der Waals surface area contributed by atoms with E-state index in [2.05, 4.69) is 27.5 Å². The monoisotopic (exact) mass is 442 g/mol. The summed E-state index contributed by atoms with van der Waals surface area (Å²) in [6.07, 6.45) is 2.09. The Morgan fingerprint density at radius 2 is 2.10 bits per heavy atom. The molecule has 0 unspecified atom stereocenters. The number of amides is 2. The van der Waals surface area contributed by atoms with Crippen LogP contribution in [0.4, 0.5) is 0 Å². The van der Waals surface area contributed by atoms with Gasteiger partial charge in [-0.1, -0.05) is 18.2 Å². The molecule has 0 saturated carbocycles. The lowest BCUT2D eigenvalue weighted by molar-refractivity contribution is -0.126. The lowest BCUT2D eigenvalue weighted by Crippen LogP contribution is -2.49. The van der Waals surface area contributed by atoms with Crippen LogP contribution < -0.4 is 10.6 Å². The Labute approximate surface area is 187 Å². The number of nitrogens with zero attached hydrogens (tertiary/aromatic N) is 2. The summed E-state index contributed by atoms with van der Waals surface area (Å²) in [6, 6.07) is 11.2. The highest BCUT2D eigenvalue weighted by molar-refractivity contribution is 7.09. The Bertz CT molecular complexity index is 887. The van der Waals surface area contributed by atoms with Crippen LogP contribution in [0.5, 0.6) is 5.75 Å². The smallest absolute Gasteiger partial charge is 0.239 e. The van der Waals surface area contributed by atoms with Gasteiger partial charge in [0, 0.05) is 43.0 Å². The van der Waals surface area contributed by atoms with E-state index in [9.17, 15) is 14.7 Å². The molecule has 2 amide bonds. The van der Waals surface area contributed by atoms with Gasteiger partial charge in [-0.2, -0.15) is 0 Å². The summed E-state index contributed by atoms with van der Waals surface area (Å²) in [5, 5.41) is 17.6. The van der Waals surface area contributed by atoms with Crippen LogP contribution in [0.25, 0.3) is 0 Å². The summed E-state index contributed by atoms with van der Waals surface area (Å²) in [6.45, 7) is 2.67. The fourth-order valence-electron chi connectivity index (χ4n) is 4.65. The normalized spacial score (nSPS) is 24.4. The average molecular weight is 443 g/mol. The molecule has 31 heavy (non-hydrogen) atoms. The van der Waals surface area contributed by atoms with Crippen LogP contribution >= 0.6 is 11.3 Å². The number of carbonyl (C=O) groups excluding carboxylic acids is 2. The lowest BCUT2D eigenvalue weighted by Gasteiger charge is -2.33. The molecule has 1 aromatic heterocycles. The number of aromatic hydroxyl groups is 1. The van der Waals surface area contributed by atoms with Gasteiger partial charge in [0.25, 0.3) is 0 Å². The Morgan fingerprint density at radius 1 is 1.29 bits per heavy atom. The summed E-state index contributed by atoms with van der Waals surface area (Å²) in [5.74, 6) is 0.365. The quantitative estimate of drug-likeness (QED) is 0.610. The second-order valence-corrected chi connectivity index (χ2v) is 9.43. The molecule has 2 aliphatic heterocycles. The predicted octanol–water partition coefficient (Wildman–Crippen LogP) is 1.92. The molecular formula is C23H30N4O3S. The molecule has 0 aliphatic carbocycles. The highest BCUT2D eigenvalue weighted by Gasteiger charge is 2.44. The van der Waals surface area contributed by atoms with Gasteiger partial charge in [-0.3, -0.25) is 19.4 Å². The van der Waals surface area contributed by atoms with E-state index in [0.29, 0.717) is 32.5 Å². The Balaban J connectivity index is 1.33. The van der Waals surface area contributed by atoms with Crippen LogP contribution in [0.3, 0.4) is 0 Å². The number of likely N-dealkylation sites (tertiary alicyclic amines) is 1. The van der Waals surface area contributed by atoms with Crippen LogP contribution in [0.1, 0.15) is 29.7 Å². The zero-order valence-corrected chi connectivity index (χ0v) is 18.6. The number of hydrogen-bond acceptors (Lipinski definition) is 6. The first-order valence-electron chi connectivity index (χ1n) is 10.8. The standard InChI is InChI=1S/C23H30N4O3S/c1-26-17(6-9-21(29)24-14-19-3-2-12-31-19)13-25-23(30)22-20(26)10-11-27(22)15-16-4-7-18(28)8-5-16/h2-5,7-8,12,17,20,22,28H,6,9-11,13-15H2,1H3,(H,24,29)(H,25,30)/t17-,20+,22-/m0/s1. The molecule has 2 aromatic rings. The molecule has 2 aliphatic rings. The molecule has 2 fully saturated rings. The Kier molecular flexibility index (Phi) is 6.89. The number of benzene rings is 1. The van der Waals surface area contributed by atoms with Crippen molar-refractivity contribution in [1.82, 2.24) is 20.4 Å². The predicted molar refractivity (Wildman–Crippen MR) is 121 cm³/mol. The third kappa shape index (κ3) is 5.26. The highest BCUT2D eigenvalue weighted by Crippen LogP contribution is 2.28. The molecule has 3 N–H and O–H groups in total. The summed E-state index contributed by atoms with van der Waals surface area (Å²) < 4.78 is 0. The van der Waals surface area contributed by atoms with Crippen molar-refractivity contribution < 1.29 is 14.7 Å². The van der Waals surface area contributed by atoms with Crippen LogP contribution in [-0.4, -0.2) is 65.0 Å². The van der Waals surface area contributed by atoms with E-state index in [1.54, 1.807) is 23.5 Å². The molecule has 166 valence electrons. The van der Waals surface area contributed by atoms with Crippen LogP contribution in [0.15, 0.2) is 41.8 Å². The molecule has 3 atom stereocenters. The second kappa shape index (κ2) is 9.80. The van der Waals surface area contributed by atoms with Crippen molar-refractivity contribution >= 4 is 23.2 Å². The molecule has 7 nitrogen and oxygen atoms in total. The van der Waals surface area contributed by atoms with E-state index >= 15 is 0 Å². The molecule has 4 rings (SSSR count). The number of carbonyl (C=O) groups is 2. The molecule has 0 spiro atoms. The average Bonchev–Trinajstić information content (AvgIpc) is 3.41. The second-order valence-electron chi connectivity index (χ2n) is 8.40. The first-order valence-corrected chi connectivity index (χ1v) is 11.7. The van der Waals surface area contributed by atoms with E-state index in [0.717, 1.165) is 23.4 Å². The van der Waals surface area contributed by atoms with Crippen LogP contribution in [0, 0.1) is 0 Å². The van der Waals surface area contributed by atoms with Gasteiger partial charge < -0.3 is 15.7 Å². The number of rotatable bonds is 7. The number of fused-ring (bicyclic) bond motifs is 1. The molecule has 0 bridgehead atoms. The van der Waals surface area contributed by atoms with Crippen molar-refractivity contribution in [3.63, 3.8) is 0 Å². The van der Waals surface area contributed by atoms with Gasteiger partial charge in [-0.15, -0.1) is 11.3 Å². The van der Waals surface area contributed by atoms with Crippen molar-refractivity contribution in [2.75, 3.05) is 20.1 Å². The van der Waals surface area contributed by atoms with Gasteiger partial charge in [-0.25, -0.2) is 0 Å². The summed E-state index contributed by atoms with van der Waals surface area (Å²) >= 11 is 1.64. The van der Waals surface area contributed by atoms with Gasteiger partial charge in [0.1, 0.15) is 11.8 Å². The van der Waals surface area contributed by atoms with Crippen molar-refractivity contribution in [3.8, 4) is 5.75 Å². The number of nitrogens with one attached hydrogen (secondary N) is 2. The molecule has 1 aromatic carbocycles. The zero-order chi connectivity index (χ0) is 21.8. The molecule has 2 saturated heterocycles. The molecular weight excluding hydrogens is 412 g/mol. The minimum Gasteiger partial charge on any atom is -0.508 e. The molecule has 3 heterocycles. The van der Waals surface area contributed by atoms with Gasteiger partial charge in [-0.05, 0) is 49.0 Å². The first-order chi connectivity index (χ1) is 15.0. The Morgan fingerprint density at radius 3 is 2.84 bits per heavy atom. The maximum Gasteiger partial charge on any atom is 0.239 e. The number of thiophene rings is 1. The third-order valence-electron chi connectivity index (χ3n) is 6.42. The topological polar surface area (TPSA) is 84.9 Å². The third-order valence-corrected chi connectivity index (χ3v) is 7.29. The number of phenols is 1. The SMILES string of the molecule is CN1[C@@H](CCC(=O)NCc2cccs2)CNC(=O)[C@@H]2[C@H]1CCN2Cc1ccc(O)cc1. The van der Waals surface area contributed by atoms with Gasteiger partial charge >= 0.3 is 0 Å². The van der Waals surface area contributed by atoms with Crippen molar-refractivity contribution in [2.45, 2.75) is 50.5 Å². The minimum atomic E-state index is -0.198. The fraction of sp³-hybridized carbons (Fsp3) is 0.478. The Hall–Kier alpha value is -2.42. The fourth-order valence-corrected chi connectivity index (χ4v) is 5.29. The molecule has 0 radical (unpaired) electrons. The van der Waals surface area contributed by atoms with Crippen LogP contribution in [0.2, 0.25) is 0 Å². The summed E-state index contributed by atoms with van der Waals surface area (Å²) in [5.41, 5.74) is 1.08. The summed E-state index contributed by atoms with van der Waals surface area (Å²) in [7, 11) is 2.08. The van der Waals surface area contributed by atoms with Crippen LogP contribution in [-0.2, 0) is 22.7 Å². The minimum absolute atomic E-state index is 0.0503. The van der Waals surface area contributed by atoms with Crippen molar-refractivity contribution in [1.29, 1.82) is 0 Å². The van der Waals surface area contributed by atoms with Gasteiger partial charge in [0.2, 0.25) is 11.8 Å². The van der Waals surface area contributed by atoms with Crippen molar-refractivity contribution in [2.24, 2.45) is 0 Å². The number of hydrogen-bond donors (Lipinski definition) is 3. The maximum absolute atomic E-state index is 12.9. The molecule has 8 heteroatoms. The maximum atomic E-state index is 12.9. The van der Waals surface area contributed by atoms with E-state index in [4.69, 9.17) is 0 Å². The first kappa shape index (κ1) is 21.8. The summed E-state index contributed by atoms with van der Waals surface area (Å²) in [4.78, 5) is 30.9. The number of phenolic OH excluding ortho intramolecular Hbond substituents is 1. The largest absolute Gasteiger partial charge is 0.508 e.